The molecule has 1 heterocycles. The molecule has 0 aliphatic carbocycles. The van der Waals surface area contributed by atoms with Gasteiger partial charge in [0.2, 0.25) is 0 Å². The second-order valence-corrected chi connectivity index (χ2v) is 6.89. The summed E-state index contributed by atoms with van der Waals surface area (Å²) in [6.45, 7) is 0.705. The van der Waals surface area contributed by atoms with Gasteiger partial charge in [0, 0.05) is 27.0 Å². The van der Waals surface area contributed by atoms with Crippen molar-refractivity contribution in [3.8, 4) is 5.75 Å². The molecular formula is C16H14BrCl2NO. The fourth-order valence-electron chi connectivity index (χ4n) is 2.65. The van der Waals surface area contributed by atoms with Crippen LogP contribution in [0.1, 0.15) is 22.7 Å². The van der Waals surface area contributed by atoms with E-state index < -0.39 is 0 Å². The van der Waals surface area contributed by atoms with E-state index in [4.69, 9.17) is 33.7 Å². The van der Waals surface area contributed by atoms with Gasteiger partial charge in [-0.3, -0.25) is 0 Å². The highest BCUT2D eigenvalue weighted by Gasteiger charge is 2.20. The second-order valence-electron chi connectivity index (χ2n) is 5.13. The standard InChI is InChI=1S/C16H14BrCl2NO/c17-11-1-2-13(14(19)8-11)15(20)7-10-6-12(18)5-9-3-4-21-16(9)10/h1-2,5-6,8,15H,3-4,7,20H2. The molecule has 1 aliphatic rings. The number of hydrogen-bond acceptors (Lipinski definition) is 2. The Balaban J connectivity index is 1.90. The second kappa shape index (κ2) is 6.17. The minimum Gasteiger partial charge on any atom is -0.493 e. The number of halogens is 3. The smallest absolute Gasteiger partial charge is 0.125 e. The van der Waals surface area contributed by atoms with Crippen molar-refractivity contribution >= 4 is 39.1 Å². The van der Waals surface area contributed by atoms with Gasteiger partial charge in [0.1, 0.15) is 5.75 Å². The van der Waals surface area contributed by atoms with Crippen LogP contribution in [0.2, 0.25) is 10.0 Å². The van der Waals surface area contributed by atoms with Crippen LogP contribution in [0.5, 0.6) is 5.75 Å². The van der Waals surface area contributed by atoms with Crippen molar-refractivity contribution in [1.29, 1.82) is 0 Å². The van der Waals surface area contributed by atoms with Gasteiger partial charge in [0.15, 0.2) is 0 Å². The van der Waals surface area contributed by atoms with E-state index in [9.17, 15) is 0 Å². The van der Waals surface area contributed by atoms with Crippen LogP contribution in [-0.2, 0) is 12.8 Å². The summed E-state index contributed by atoms with van der Waals surface area (Å²) in [5.41, 5.74) is 9.45. The largest absolute Gasteiger partial charge is 0.493 e. The van der Waals surface area contributed by atoms with Crippen molar-refractivity contribution in [1.82, 2.24) is 0 Å². The maximum atomic E-state index is 6.32. The van der Waals surface area contributed by atoms with Crippen LogP contribution in [0, 0.1) is 0 Å². The summed E-state index contributed by atoms with van der Waals surface area (Å²) >= 11 is 15.9. The quantitative estimate of drug-likeness (QED) is 0.811. The summed E-state index contributed by atoms with van der Waals surface area (Å²) in [6, 6.07) is 9.44. The Hall–Kier alpha value is -0.740. The number of benzene rings is 2. The Bertz CT molecular complexity index is 690. The molecule has 2 aromatic rings. The van der Waals surface area contributed by atoms with Gasteiger partial charge in [-0.25, -0.2) is 0 Å². The molecule has 1 atom stereocenters. The van der Waals surface area contributed by atoms with Crippen molar-refractivity contribution in [3.05, 3.63) is 61.5 Å². The SMILES string of the molecule is NC(Cc1cc(Cl)cc2c1OCC2)c1ccc(Br)cc1Cl. The van der Waals surface area contributed by atoms with E-state index in [-0.39, 0.29) is 6.04 Å². The van der Waals surface area contributed by atoms with Crippen LogP contribution >= 0.6 is 39.1 Å². The van der Waals surface area contributed by atoms with Crippen LogP contribution in [0.25, 0.3) is 0 Å². The Morgan fingerprint density at radius 2 is 2.05 bits per heavy atom. The van der Waals surface area contributed by atoms with E-state index in [2.05, 4.69) is 15.9 Å². The summed E-state index contributed by atoms with van der Waals surface area (Å²) < 4.78 is 6.66. The molecule has 2 N–H and O–H groups in total. The molecule has 0 radical (unpaired) electrons. The highest BCUT2D eigenvalue weighted by Crippen LogP contribution is 2.36. The third kappa shape index (κ3) is 3.21. The molecule has 0 aromatic heterocycles. The third-order valence-electron chi connectivity index (χ3n) is 3.63. The van der Waals surface area contributed by atoms with E-state index in [1.807, 2.05) is 30.3 Å². The summed E-state index contributed by atoms with van der Waals surface area (Å²) in [4.78, 5) is 0. The Morgan fingerprint density at radius 1 is 1.24 bits per heavy atom. The zero-order valence-electron chi connectivity index (χ0n) is 11.2. The van der Waals surface area contributed by atoms with Gasteiger partial charge >= 0.3 is 0 Å². The molecule has 5 heteroatoms. The van der Waals surface area contributed by atoms with E-state index in [1.165, 1.54) is 0 Å². The van der Waals surface area contributed by atoms with Gasteiger partial charge in [-0.15, -0.1) is 0 Å². The molecule has 0 saturated heterocycles. The van der Waals surface area contributed by atoms with Crippen molar-refractivity contribution < 1.29 is 4.74 Å². The van der Waals surface area contributed by atoms with E-state index in [0.717, 1.165) is 38.4 Å². The van der Waals surface area contributed by atoms with Crippen LogP contribution in [0.3, 0.4) is 0 Å². The number of rotatable bonds is 3. The van der Waals surface area contributed by atoms with Crippen LogP contribution in [0.4, 0.5) is 0 Å². The number of hydrogen-bond donors (Lipinski definition) is 1. The number of nitrogens with two attached hydrogens (primary N) is 1. The predicted octanol–water partition coefficient (Wildman–Crippen LogP) is 4.93. The van der Waals surface area contributed by atoms with Gasteiger partial charge in [-0.2, -0.15) is 0 Å². The average molecular weight is 387 g/mol. The fraction of sp³-hybridized carbons (Fsp3) is 0.250. The van der Waals surface area contributed by atoms with Gasteiger partial charge in [0.25, 0.3) is 0 Å². The molecule has 2 nitrogen and oxygen atoms in total. The van der Waals surface area contributed by atoms with E-state index in [0.29, 0.717) is 18.1 Å². The summed E-state index contributed by atoms with van der Waals surface area (Å²) in [5.74, 6) is 0.933. The summed E-state index contributed by atoms with van der Waals surface area (Å²) in [7, 11) is 0. The molecule has 1 aliphatic heterocycles. The molecule has 110 valence electrons. The van der Waals surface area contributed by atoms with Crippen LogP contribution in [0.15, 0.2) is 34.8 Å². The number of ether oxygens (including phenoxy) is 1. The lowest BCUT2D eigenvalue weighted by Gasteiger charge is -2.16. The first-order valence-electron chi connectivity index (χ1n) is 6.69. The van der Waals surface area contributed by atoms with Gasteiger partial charge in [-0.05, 0) is 47.4 Å². The van der Waals surface area contributed by atoms with Gasteiger partial charge < -0.3 is 10.5 Å². The Morgan fingerprint density at radius 3 is 2.81 bits per heavy atom. The molecule has 0 spiro atoms. The lowest BCUT2D eigenvalue weighted by atomic mass is 9.97. The zero-order valence-corrected chi connectivity index (χ0v) is 14.3. The molecule has 0 bridgehead atoms. The van der Waals surface area contributed by atoms with Crippen LogP contribution < -0.4 is 10.5 Å². The van der Waals surface area contributed by atoms with Gasteiger partial charge in [-0.1, -0.05) is 45.2 Å². The van der Waals surface area contributed by atoms with Crippen molar-refractivity contribution in [2.45, 2.75) is 18.9 Å². The van der Waals surface area contributed by atoms with Crippen molar-refractivity contribution in [2.75, 3.05) is 6.61 Å². The first kappa shape index (κ1) is 15.2. The lowest BCUT2D eigenvalue weighted by molar-refractivity contribution is 0.352. The first-order valence-corrected chi connectivity index (χ1v) is 8.24. The predicted molar refractivity (Wildman–Crippen MR) is 90.4 cm³/mol. The highest BCUT2D eigenvalue weighted by molar-refractivity contribution is 9.10. The molecule has 2 aromatic carbocycles. The van der Waals surface area contributed by atoms with E-state index >= 15 is 0 Å². The molecule has 3 rings (SSSR count). The normalized spacial score (nSPS) is 14.7. The minimum absolute atomic E-state index is 0.197. The summed E-state index contributed by atoms with van der Waals surface area (Å²) in [6.07, 6.45) is 1.54. The maximum absolute atomic E-state index is 6.32. The molecule has 1 unspecified atom stereocenters. The third-order valence-corrected chi connectivity index (χ3v) is 4.67. The molecule has 0 fully saturated rings. The Labute approximate surface area is 142 Å². The van der Waals surface area contributed by atoms with Gasteiger partial charge in [0.05, 0.1) is 6.61 Å². The average Bonchev–Trinajstić information content (AvgIpc) is 2.86. The van der Waals surface area contributed by atoms with Crippen molar-refractivity contribution in [2.24, 2.45) is 5.73 Å². The molecule has 0 amide bonds. The first-order chi connectivity index (χ1) is 10.0. The topological polar surface area (TPSA) is 35.2 Å². The lowest BCUT2D eigenvalue weighted by Crippen LogP contribution is -2.14. The monoisotopic (exact) mass is 385 g/mol. The highest BCUT2D eigenvalue weighted by atomic mass is 79.9. The fourth-order valence-corrected chi connectivity index (χ4v) is 3.72. The molecule has 21 heavy (non-hydrogen) atoms. The van der Waals surface area contributed by atoms with E-state index in [1.54, 1.807) is 0 Å². The molecular weight excluding hydrogens is 373 g/mol. The number of fused-ring (bicyclic) bond motifs is 1. The Kier molecular flexibility index (Phi) is 4.46. The summed E-state index contributed by atoms with van der Waals surface area (Å²) in [5, 5.41) is 1.39. The maximum Gasteiger partial charge on any atom is 0.125 e. The zero-order chi connectivity index (χ0) is 15.0. The van der Waals surface area contributed by atoms with Crippen molar-refractivity contribution in [3.63, 3.8) is 0 Å². The minimum atomic E-state index is -0.197. The van der Waals surface area contributed by atoms with Crippen LogP contribution in [-0.4, -0.2) is 6.61 Å². The molecule has 0 saturated carbocycles.